The van der Waals surface area contributed by atoms with Gasteiger partial charge in [0.1, 0.15) is 0 Å². The van der Waals surface area contributed by atoms with Crippen LogP contribution in [-0.2, 0) is 0 Å². The average Bonchev–Trinajstić information content (AvgIpc) is 2.46. The van der Waals surface area contributed by atoms with E-state index in [1.807, 2.05) is 0 Å². The van der Waals surface area contributed by atoms with Gasteiger partial charge in [-0.1, -0.05) is 60.7 Å². The lowest BCUT2D eigenvalue weighted by molar-refractivity contribution is 0.707. The van der Waals surface area contributed by atoms with Crippen molar-refractivity contribution in [2.24, 2.45) is 0 Å². The minimum Gasteiger partial charge on any atom is -0.255 e. The maximum atomic E-state index is 3.32. The molecule has 2 rings (SSSR count). The largest absolute Gasteiger partial charge is 0.255 e. The summed E-state index contributed by atoms with van der Waals surface area (Å²) in [6.07, 6.45) is 1.12. The van der Waals surface area contributed by atoms with Crippen LogP contribution in [0.15, 0.2) is 60.7 Å². The second-order valence-corrected chi connectivity index (χ2v) is 5.90. The molecule has 0 aliphatic rings. The Balaban J connectivity index is 2.18. The molecule has 0 saturated carbocycles. The zero-order valence-corrected chi connectivity index (χ0v) is 13.0. The molecule has 2 aromatic rings. The van der Waals surface area contributed by atoms with E-state index in [0.29, 0.717) is 5.92 Å². The Labute approximate surface area is 125 Å². The number of hydrogen-bond acceptors (Lipinski definition) is 2. The van der Waals surface area contributed by atoms with Crippen LogP contribution in [0.1, 0.15) is 23.5 Å². The van der Waals surface area contributed by atoms with Gasteiger partial charge in [0.25, 0.3) is 0 Å². The first kappa shape index (κ1) is 13.9. The van der Waals surface area contributed by atoms with Crippen molar-refractivity contribution in [1.82, 2.24) is 4.72 Å². The third-order valence-corrected chi connectivity index (χ3v) is 4.24. The summed E-state index contributed by atoms with van der Waals surface area (Å²) in [6.45, 7) is 1.02. The molecule has 1 N–H and O–H groups in total. The highest BCUT2D eigenvalue weighted by molar-refractivity contribution is 14.2. The fourth-order valence-electron chi connectivity index (χ4n) is 2.14. The van der Waals surface area contributed by atoms with Gasteiger partial charge in [-0.2, -0.15) is 0 Å². The van der Waals surface area contributed by atoms with E-state index in [1.54, 1.807) is 9.12 Å². The van der Waals surface area contributed by atoms with Crippen molar-refractivity contribution < 1.29 is 0 Å². The summed E-state index contributed by atoms with van der Waals surface area (Å²) in [5, 5.41) is 0. The lowest BCUT2D eigenvalue weighted by Gasteiger charge is -2.17. The van der Waals surface area contributed by atoms with Gasteiger partial charge >= 0.3 is 0 Å². The quantitative estimate of drug-likeness (QED) is 0.446. The van der Waals surface area contributed by atoms with Crippen LogP contribution in [0, 0.1) is 0 Å². The number of halogens is 1. The number of nitrogens with one attached hydrogen (secondary N) is 1. The predicted octanol–water partition coefficient (Wildman–Crippen LogP) is 4.80. The van der Waals surface area contributed by atoms with Crippen LogP contribution in [0.5, 0.6) is 0 Å². The Morgan fingerprint density at radius 1 is 0.889 bits per heavy atom. The molecule has 2 aromatic carbocycles. The third-order valence-electron chi connectivity index (χ3n) is 2.99. The zero-order valence-electron chi connectivity index (χ0n) is 10.1. The van der Waals surface area contributed by atoms with E-state index in [1.165, 1.54) is 11.1 Å². The highest BCUT2D eigenvalue weighted by atomic mass is 127. The van der Waals surface area contributed by atoms with E-state index in [4.69, 9.17) is 0 Å². The van der Waals surface area contributed by atoms with Crippen LogP contribution in [0.25, 0.3) is 0 Å². The maximum Gasteiger partial charge on any atom is 0.0143 e. The van der Waals surface area contributed by atoms with Gasteiger partial charge in [-0.25, -0.2) is 0 Å². The number of rotatable bonds is 6. The second-order valence-electron chi connectivity index (χ2n) is 4.13. The van der Waals surface area contributed by atoms with Gasteiger partial charge in [0.2, 0.25) is 0 Å². The van der Waals surface area contributed by atoms with E-state index in [0.717, 1.165) is 13.0 Å². The normalized spacial score (nSPS) is 10.8. The van der Waals surface area contributed by atoms with Crippen LogP contribution >= 0.6 is 30.3 Å². The molecule has 0 aliphatic carbocycles. The van der Waals surface area contributed by atoms with Crippen molar-refractivity contribution in [2.45, 2.75) is 12.3 Å². The summed E-state index contributed by atoms with van der Waals surface area (Å²) in [4.78, 5) is 0. The molecule has 0 aromatic heterocycles. The van der Waals surface area contributed by atoms with Gasteiger partial charge in [-0.05, 0) is 26.7 Å². The molecule has 0 spiro atoms. The van der Waals surface area contributed by atoms with Crippen LogP contribution in [-0.4, -0.2) is 6.54 Å². The summed E-state index contributed by atoms with van der Waals surface area (Å²) in [7, 11) is 1.65. The smallest absolute Gasteiger partial charge is 0.0143 e. The first-order valence-electron chi connectivity index (χ1n) is 6.02. The number of hydrogen-bond donors (Lipinski definition) is 1. The highest BCUT2D eigenvalue weighted by Gasteiger charge is 2.12. The second kappa shape index (κ2) is 7.81. The molecule has 0 amide bonds. The molecule has 0 atom stereocenters. The van der Waals surface area contributed by atoms with Gasteiger partial charge in [0.15, 0.2) is 0 Å². The standard InChI is InChI=1S/C15H16INS/c16-18-17-12-11-15(13-7-3-1-4-8-13)14-9-5-2-6-10-14/h1-10,15,17H,11-12H2. The summed E-state index contributed by atoms with van der Waals surface area (Å²) in [6, 6.07) is 21.5. The first-order chi connectivity index (χ1) is 8.92. The van der Waals surface area contributed by atoms with Gasteiger partial charge < -0.3 is 0 Å². The van der Waals surface area contributed by atoms with Gasteiger partial charge in [0.05, 0.1) is 0 Å². The highest BCUT2D eigenvalue weighted by Crippen LogP contribution is 2.27. The lowest BCUT2D eigenvalue weighted by Crippen LogP contribution is -2.10. The van der Waals surface area contributed by atoms with Crippen LogP contribution in [0.4, 0.5) is 0 Å². The molecule has 0 radical (unpaired) electrons. The Morgan fingerprint density at radius 3 is 1.83 bits per heavy atom. The van der Waals surface area contributed by atoms with Crippen molar-refractivity contribution >= 4 is 30.3 Å². The summed E-state index contributed by atoms with van der Waals surface area (Å²) in [5.41, 5.74) is 2.79. The average molecular weight is 369 g/mol. The fourth-order valence-corrected chi connectivity index (χ4v) is 2.99. The van der Waals surface area contributed by atoms with Crippen molar-refractivity contribution in [1.29, 1.82) is 0 Å². The van der Waals surface area contributed by atoms with E-state index in [-0.39, 0.29) is 0 Å². The summed E-state index contributed by atoms with van der Waals surface area (Å²) < 4.78 is 3.32. The molecule has 0 saturated heterocycles. The minimum atomic E-state index is 0.475. The van der Waals surface area contributed by atoms with Crippen LogP contribution in [0.2, 0.25) is 0 Å². The fraction of sp³-hybridized carbons (Fsp3) is 0.200. The van der Waals surface area contributed by atoms with E-state index < -0.39 is 0 Å². The predicted molar refractivity (Wildman–Crippen MR) is 89.0 cm³/mol. The SMILES string of the molecule is ISNCCC(c1ccccc1)c1ccccc1. The molecular formula is C15H16INS. The number of benzene rings is 2. The molecule has 0 aliphatic heterocycles. The minimum absolute atomic E-state index is 0.475. The molecular weight excluding hydrogens is 353 g/mol. The summed E-state index contributed by atoms with van der Waals surface area (Å²) in [5.74, 6) is 0.475. The molecule has 1 nitrogen and oxygen atoms in total. The Morgan fingerprint density at radius 2 is 1.39 bits per heavy atom. The maximum absolute atomic E-state index is 3.32. The van der Waals surface area contributed by atoms with Crippen molar-refractivity contribution in [2.75, 3.05) is 6.54 Å². The third kappa shape index (κ3) is 4.00. The first-order valence-corrected chi connectivity index (χ1v) is 9.38. The van der Waals surface area contributed by atoms with E-state index in [9.17, 15) is 0 Å². The van der Waals surface area contributed by atoms with E-state index >= 15 is 0 Å². The van der Waals surface area contributed by atoms with E-state index in [2.05, 4.69) is 86.6 Å². The van der Waals surface area contributed by atoms with Crippen molar-refractivity contribution in [3.8, 4) is 0 Å². The van der Waals surface area contributed by atoms with Gasteiger partial charge in [0, 0.05) is 33.7 Å². The van der Waals surface area contributed by atoms with Crippen molar-refractivity contribution in [3.63, 3.8) is 0 Å². The van der Waals surface area contributed by atoms with Gasteiger partial charge in [-0.15, -0.1) is 0 Å². The molecule has 0 bridgehead atoms. The molecule has 18 heavy (non-hydrogen) atoms. The molecule has 0 unspecified atom stereocenters. The summed E-state index contributed by atoms with van der Waals surface area (Å²) >= 11 is 2.27. The Bertz CT molecular complexity index is 407. The monoisotopic (exact) mass is 369 g/mol. The molecule has 94 valence electrons. The Hall–Kier alpha value is -0.520. The lowest BCUT2D eigenvalue weighted by atomic mass is 9.89. The molecule has 0 heterocycles. The molecule has 0 fully saturated rings. The van der Waals surface area contributed by atoms with Crippen molar-refractivity contribution in [3.05, 3.63) is 71.8 Å². The van der Waals surface area contributed by atoms with Crippen LogP contribution in [0.3, 0.4) is 0 Å². The van der Waals surface area contributed by atoms with Crippen LogP contribution < -0.4 is 4.72 Å². The zero-order chi connectivity index (χ0) is 12.6. The van der Waals surface area contributed by atoms with Gasteiger partial charge in [-0.3, -0.25) is 4.72 Å². The molecule has 3 heteroatoms. The Kier molecular flexibility index (Phi) is 6.04. The topological polar surface area (TPSA) is 12.0 Å².